The zero-order chi connectivity index (χ0) is 16.1. The van der Waals surface area contributed by atoms with Gasteiger partial charge in [-0.15, -0.1) is 0 Å². The van der Waals surface area contributed by atoms with Crippen LogP contribution < -0.4 is 0 Å². The van der Waals surface area contributed by atoms with E-state index in [4.69, 9.17) is 4.43 Å². The van der Waals surface area contributed by atoms with Crippen LogP contribution in [0.1, 0.15) is 53.9 Å². The van der Waals surface area contributed by atoms with Crippen LogP contribution in [0.4, 0.5) is 0 Å². The first-order valence-corrected chi connectivity index (χ1v) is 11.3. The van der Waals surface area contributed by atoms with Crippen LogP contribution in [0.3, 0.4) is 0 Å². The Morgan fingerprint density at radius 2 is 1.95 bits per heavy atom. The highest BCUT2D eigenvalue weighted by molar-refractivity contribution is 6.74. The molecular formula is C18H35NOSi. The molecule has 0 saturated carbocycles. The van der Waals surface area contributed by atoms with E-state index in [1.807, 2.05) is 0 Å². The summed E-state index contributed by atoms with van der Waals surface area (Å²) in [6.45, 7) is 18.1. The number of hydrogen-bond donors (Lipinski definition) is 0. The van der Waals surface area contributed by atoms with Crippen molar-refractivity contribution in [3.05, 3.63) is 23.9 Å². The van der Waals surface area contributed by atoms with E-state index in [1.54, 1.807) is 0 Å². The Labute approximate surface area is 133 Å². The van der Waals surface area contributed by atoms with E-state index in [0.29, 0.717) is 11.1 Å². The molecule has 3 heteroatoms. The van der Waals surface area contributed by atoms with Gasteiger partial charge in [-0.2, -0.15) is 0 Å². The zero-order valence-electron chi connectivity index (χ0n) is 15.2. The maximum atomic E-state index is 6.29. The molecule has 1 aliphatic rings. The van der Waals surface area contributed by atoms with Crippen molar-refractivity contribution in [3.8, 4) is 0 Å². The molecule has 0 aromatic rings. The highest BCUT2D eigenvalue weighted by atomic mass is 28.4. The van der Waals surface area contributed by atoms with Gasteiger partial charge < -0.3 is 9.33 Å². The third kappa shape index (κ3) is 5.63. The van der Waals surface area contributed by atoms with Crippen LogP contribution in [-0.2, 0) is 4.43 Å². The SMILES string of the molecule is CCCN1C=CC(C)=CC1CCCO[Si](C)(C)C(C)(C)C. The van der Waals surface area contributed by atoms with Crippen molar-refractivity contribution in [2.75, 3.05) is 13.2 Å². The van der Waals surface area contributed by atoms with Gasteiger partial charge in [0.05, 0.1) is 0 Å². The second-order valence-electron chi connectivity index (χ2n) is 7.78. The Morgan fingerprint density at radius 1 is 1.29 bits per heavy atom. The van der Waals surface area contributed by atoms with Crippen LogP contribution in [0.25, 0.3) is 0 Å². The molecule has 21 heavy (non-hydrogen) atoms. The first-order valence-electron chi connectivity index (χ1n) is 8.43. The van der Waals surface area contributed by atoms with Crippen molar-refractivity contribution in [2.45, 2.75) is 78.1 Å². The van der Waals surface area contributed by atoms with E-state index in [2.05, 4.69) is 71.0 Å². The fourth-order valence-electron chi connectivity index (χ4n) is 2.36. The molecule has 2 nitrogen and oxygen atoms in total. The molecule has 0 saturated heterocycles. The third-order valence-electron chi connectivity index (χ3n) is 4.81. The first-order chi connectivity index (χ1) is 9.67. The van der Waals surface area contributed by atoms with E-state index < -0.39 is 8.32 Å². The summed E-state index contributed by atoms with van der Waals surface area (Å²) in [7, 11) is -1.58. The van der Waals surface area contributed by atoms with Crippen molar-refractivity contribution in [2.24, 2.45) is 0 Å². The normalized spacial score (nSPS) is 19.9. The average Bonchev–Trinajstić information content (AvgIpc) is 2.36. The molecule has 0 bridgehead atoms. The molecule has 0 aromatic heterocycles. The minimum Gasteiger partial charge on any atom is -0.417 e. The predicted molar refractivity (Wildman–Crippen MR) is 96.1 cm³/mol. The molecule has 1 rings (SSSR count). The molecule has 0 radical (unpaired) electrons. The maximum Gasteiger partial charge on any atom is 0.191 e. The van der Waals surface area contributed by atoms with Gasteiger partial charge in [-0.3, -0.25) is 0 Å². The summed E-state index contributed by atoms with van der Waals surface area (Å²) in [6.07, 6.45) is 10.4. The summed E-state index contributed by atoms with van der Waals surface area (Å²) >= 11 is 0. The predicted octanol–water partition coefficient (Wildman–Crippen LogP) is 5.34. The van der Waals surface area contributed by atoms with E-state index >= 15 is 0 Å². The summed E-state index contributed by atoms with van der Waals surface area (Å²) in [5.41, 5.74) is 1.39. The van der Waals surface area contributed by atoms with Crippen LogP contribution in [0, 0.1) is 0 Å². The fourth-order valence-corrected chi connectivity index (χ4v) is 3.45. The van der Waals surface area contributed by atoms with Crippen molar-refractivity contribution < 1.29 is 4.43 Å². The van der Waals surface area contributed by atoms with E-state index in [-0.39, 0.29) is 0 Å². The van der Waals surface area contributed by atoms with Gasteiger partial charge >= 0.3 is 0 Å². The van der Waals surface area contributed by atoms with Gasteiger partial charge in [0.1, 0.15) is 0 Å². The monoisotopic (exact) mass is 309 g/mol. The summed E-state index contributed by atoms with van der Waals surface area (Å²) in [6, 6.07) is 0.554. The van der Waals surface area contributed by atoms with Gasteiger partial charge in [-0.1, -0.05) is 39.3 Å². The van der Waals surface area contributed by atoms with Crippen molar-refractivity contribution in [3.63, 3.8) is 0 Å². The molecule has 1 atom stereocenters. The maximum absolute atomic E-state index is 6.29. The van der Waals surface area contributed by atoms with Gasteiger partial charge in [0.2, 0.25) is 0 Å². The van der Waals surface area contributed by atoms with Crippen LogP contribution in [-0.4, -0.2) is 32.4 Å². The molecule has 122 valence electrons. The Bertz CT molecular complexity index is 379. The van der Waals surface area contributed by atoms with Crippen molar-refractivity contribution >= 4 is 8.32 Å². The molecule has 0 aliphatic carbocycles. The number of allylic oxidation sites excluding steroid dienone is 2. The highest BCUT2D eigenvalue weighted by Gasteiger charge is 2.36. The average molecular weight is 310 g/mol. The number of nitrogens with zero attached hydrogens (tertiary/aromatic N) is 1. The van der Waals surface area contributed by atoms with Gasteiger partial charge in [0.25, 0.3) is 0 Å². The fraction of sp³-hybridized carbons (Fsp3) is 0.778. The Morgan fingerprint density at radius 3 is 2.52 bits per heavy atom. The smallest absolute Gasteiger partial charge is 0.191 e. The molecule has 1 heterocycles. The number of rotatable bonds is 7. The van der Waals surface area contributed by atoms with Crippen LogP contribution in [0.2, 0.25) is 18.1 Å². The first kappa shape index (κ1) is 18.5. The topological polar surface area (TPSA) is 12.5 Å². The summed E-state index contributed by atoms with van der Waals surface area (Å²) in [4.78, 5) is 2.47. The molecule has 0 amide bonds. The summed E-state index contributed by atoms with van der Waals surface area (Å²) < 4.78 is 6.29. The standard InChI is InChI=1S/C18H35NOSi/c1-8-12-19-13-11-16(2)15-17(19)10-9-14-20-21(6,7)18(3,4)5/h11,13,15,17H,8-10,12,14H2,1-7H3. The lowest BCUT2D eigenvalue weighted by Gasteiger charge is -2.36. The second-order valence-corrected chi connectivity index (χ2v) is 12.6. The Kier molecular flexibility index (Phi) is 6.73. The van der Waals surface area contributed by atoms with Crippen LogP contribution in [0.5, 0.6) is 0 Å². The molecule has 0 aromatic carbocycles. The van der Waals surface area contributed by atoms with E-state index in [1.165, 1.54) is 18.4 Å². The van der Waals surface area contributed by atoms with Crippen molar-refractivity contribution in [1.82, 2.24) is 4.90 Å². The lowest BCUT2D eigenvalue weighted by Crippen LogP contribution is -2.41. The minimum absolute atomic E-state index is 0.311. The molecule has 1 aliphatic heterocycles. The van der Waals surface area contributed by atoms with Crippen molar-refractivity contribution in [1.29, 1.82) is 0 Å². The lowest BCUT2D eigenvalue weighted by molar-refractivity contribution is 0.247. The van der Waals surface area contributed by atoms with Crippen LogP contribution in [0.15, 0.2) is 23.9 Å². The molecular weight excluding hydrogens is 274 g/mol. The quantitative estimate of drug-likeness (QED) is 0.465. The summed E-state index contributed by atoms with van der Waals surface area (Å²) in [5, 5.41) is 0.311. The second kappa shape index (κ2) is 7.64. The molecule has 1 unspecified atom stereocenters. The van der Waals surface area contributed by atoms with Crippen LogP contribution >= 0.6 is 0 Å². The van der Waals surface area contributed by atoms with Gasteiger partial charge in [0.15, 0.2) is 8.32 Å². The number of hydrogen-bond acceptors (Lipinski definition) is 2. The van der Waals surface area contributed by atoms with E-state index in [0.717, 1.165) is 19.6 Å². The van der Waals surface area contributed by atoms with Gasteiger partial charge in [0, 0.05) is 19.2 Å². The molecule has 0 N–H and O–H groups in total. The third-order valence-corrected chi connectivity index (χ3v) is 9.34. The van der Waals surface area contributed by atoms with Gasteiger partial charge in [-0.25, -0.2) is 0 Å². The Balaban J connectivity index is 2.42. The van der Waals surface area contributed by atoms with E-state index in [9.17, 15) is 0 Å². The largest absolute Gasteiger partial charge is 0.417 e. The van der Waals surface area contributed by atoms with Gasteiger partial charge in [-0.05, 0) is 56.6 Å². The molecule has 0 spiro atoms. The highest BCUT2D eigenvalue weighted by Crippen LogP contribution is 2.36. The lowest BCUT2D eigenvalue weighted by atomic mass is 10.0. The minimum atomic E-state index is -1.58. The Hall–Kier alpha value is -0.543. The zero-order valence-corrected chi connectivity index (χ0v) is 16.2. The summed E-state index contributed by atoms with van der Waals surface area (Å²) in [5.74, 6) is 0. The molecule has 0 fully saturated rings.